The molecular weight excluding hydrogens is 476 g/mol. The van der Waals surface area contributed by atoms with Crippen LogP contribution in [0.4, 0.5) is 5.69 Å². The molecule has 0 bridgehead atoms. The van der Waals surface area contributed by atoms with Crippen molar-refractivity contribution in [2.75, 3.05) is 31.6 Å². The van der Waals surface area contributed by atoms with E-state index in [1.165, 1.54) is 18.2 Å². The second-order valence-electron chi connectivity index (χ2n) is 7.45. The van der Waals surface area contributed by atoms with Crippen molar-refractivity contribution in [2.45, 2.75) is 17.7 Å². The van der Waals surface area contributed by atoms with Gasteiger partial charge in [0.25, 0.3) is 10.0 Å². The molecule has 0 fully saturated rings. The minimum atomic E-state index is -3.97. The fraction of sp³-hybridized carbons (Fsp3) is 0.240. The minimum Gasteiger partial charge on any atom is -0.493 e. The first-order valence-corrected chi connectivity index (χ1v) is 12.5. The van der Waals surface area contributed by atoms with Gasteiger partial charge in [0.2, 0.25) is 5.91 Å². The van der Waals surface area contributed by atoms with Crippen LogP contribution in [-0.2, 0) is 21.2 Å². The van der Waals surface area contributed by atoms with Crippen molar-refractivity contribution in [1.29, 1.82) is 0 Å². The highest BCUT2D eigenvalue weighted by atomic mass is 35.5. The summed E-state index contributed by atoms with van der Waals surface area (Å²) in [5, 5.41) is 3.18. The van der Waals surface area contributed by atoms with Gasteiger partial charge in [-0.25, -0.2) is 8.42 Å². The topological polar surface area (TPSA) is 84.9 Å². The lowest BCUT2D eigenvalue weighted by Crippen LogP contribution is -2.41. The van der Waals surface area contributed by atoms with Crippen molar-refractivity contribution in [3.05, 3.63) is 83.4 Å². The number of methoxy groups -OCH3 is 2. The molecule has 0 aromatic heterocycles. The first-order chi connectivity index (χ1) is 16.3. The van der Waals surface area contributed by atoms with Crippen LogP contribution in [0.2, 0.25) is 5.02 Å². The van der Waals surface area contributed by atoms with Crippen molar-refractivity contribution < 1.29 is 22.7 Å². The molecule has 3 rings (SSSR count). The van der Waals surface area contributed by atoms with Crippen LogP contribution in [0.1, 0.15) is 12.0 Å². The molecule has 0 saturated carbocycles. The van der Waals surface area contributed by atoms with E-state index in [2.05, 4.69) is 5.32 Å². The van der Waals surface area contributed by atoms with Gasteiger partial charge in [-0.2, -0.15) is 0 Å². The Morgan fingerprint density at radius 3 is 2.35 bits per heavy atom. The fourth-order valence-corrected chi connectivity index (χ4v) is 5.03. The van der Waals surface area contributed by atoms with Crippen molar-refractivity contribution in [2.24, 2.45) is 0 Å². The summed E-state index contributed by atoms with van der Waals surface area (Å²) in [5.41, 5.74) is 1.36. The number of amides is 1. The third-order valence-electron chi connectivity index (χ3n) is 5.13. The summed E-state index contributed by atoms with van der Waals surface area (Å²) in [6.45, 7) is 0.0237. The highest BCUT2D eigenvalue weighted by molar-refractivity contribution is 7.92. The highest BCUT2D eigenvalue weighted by Crippen LogP contribution is 2.28. The molecule has 0 aliphatic rings. The second-order valence-corrected chi connectivity index (χ2v) is 9.75. The van der Waals surface area contributed by atoms with Crippen LogP contribution >= 0.6 is 11.6 Å². The normalized spacial score (nSPS) is 11.0. The number of hydrogen-bond acceptors (Lipinski definition) is 5. The molecule has 3 aromatic carbocycles. The van der Waals surface area contributed by atoms with Gasteiger partial charge in [0.05, 0.1) is 24.8 Å². The first-order valence-electron chi connectivity index (χ1n) is 10.7. The Kier molecular flexibility index (Phi) is 8.79. The van der Waals surface area contributed by atoms with Crippen LogP contribution in [0.5, 0.6) is 11.5 Å². The maximum atomic E-state index is 13.3. The van der Waals surface area contributed by atoms with Crippen molar-refractivity contribution in [3.63, 3.8) is 0 Å². The lowest BCUT2D eigenvalue weighted by molar-refractivity contribution is -0.119. The second kappa shape index (κ2) is 11.8. The Bertz CT molecular complexity index is 1220. The van der Waals surface area contributed by atoms with E-state index in [0.717, 1.165) is 9.87 Å². The van der Waals surface area contributed by atoms with Crippen molar-refractivity contribution >= 4 is 33.2 Å². The largest absolute Gasteiger partial charge is 0.493 e. The molecule has 0 aliphatic heterocycles. The number of anilines is 1. The van der Waals surface area contributed by atoms with E-state index in [9.17, 15) is 13.2 Å². The van der Waals surface area contributed by atoms with Crippen LogP contribution in [0.15, 0.2) is 77.7 Å². The number of carbonyl (C=O) groups is 1. The quantitative estimate of drug-likeness (QED) is 0.395. The molecule has 180 valence electrons. The molecule has 0 atom stereocenters. The number of rotatable bonds is 11. The van der Waals surface area contributed by atoms with Crippen LogP contribution in [0, 0.1) is 0 Å². The molecule has 0 heterocycles. The highest BCUT2D eigenvalue weighted by Gasteiger charge is 2.27. The van der Waals surface area contributed by atoms with Gasteiger partial charge in [-0.15, -0.1) is 0 Å². The average Bonchev–Trinajstić information content (AvgIpc) is 2.85. The zero-order chi connectivity index (χ0) is 24.6. The monoisotopic (exact) mass is 502 g/mol. The number of nitrogens with zero attached hydrogens (tertiary/aromatic N) is 1. The van der Waals surface area contributed by atoms with Crippen LogP contribution < -0.4 is 19.1 Å². The summed E-state index contributed by atoms with van der Waals surface area (Å²) in [6.07, 6.45) is 1.38. The number of ether oxygens (including phenoxy) is 2. The predicted molar refractivity (Wildman–Crippen MR) is 133 cm³/mol. The van der Waals surface area contributed by atoms with Gasteiger partial charge in [-0.3, -0.25) is 9.10 Å². The average molecular weight is 503 g/mol. The smallest absolute Gasteiger partial charge is 0.264 e. The number of aryl methyl sites for hydroxylation is 1. The maximum absolute atomic E-state index is 13.3. The Morgan fingerprint density at radius 2 is 1.68 bits per heavy atom. The Labute approximate surface area is 205 Å². The first kappa shape index (κ1) is 25.4. The minimum absolute atomic E-state index is 0.0937. The van der Waals surface area contributed by atoms with E-state index in [4.69, 9.17) is 21.1 Å². The Balaban J connectivity index is 1.66. The van der Waals surface area contributed by atoms with Gasteiger partial charge >= 0.3 is 0 Å². The molecule has 1 N–H and O–H groups in total. The van der Waals surface area contributed by atoms with Crippen LogP contribution in [0.3, 0.4) is 0 Å². The third kappa shape index (κ3) is 6.42. The molecule has 0 saturated heterocycles. The van der Waals surface area contributed by atoms with E-state index >= 15 is 0 Å². The number of carbonyl (C=O) groups excluding carboxylic acids is 1. The predicted octanol–water partition coefficient (Wildman–Crippen LogP) is 4.30. The molecule has 0 unspecified atom stereocenters. The standard InChI is InChI=1S/C25H27ClN2O5S/c1-32-23-14-13-19(16-24(23)33-2)8-7-15-27-25(29)18-28(21-10-6-9-20(26)17-21)34(30,31)22-11-4-3-5-12-22/h3-6,9-14,16-17H,7-8,15,18H2,1-2H3,(H,27,29). The van der Waals surface area contributed by atoms with Crippen LogP contribution in [-0.4, -0.2) is 41.6 Å². The fourth-order valence-electron chi connectivity index (χ4n) is 3.41. The summed E-state index contributed by atoms with van der Waals surface area (Å²) in [7, 11) is -0.804. The van der Waals surface area contributed by atoms with E-state index < -0.39 is 15.9 Å². The van der Waals surface area contributed by atoms with E-state index in [0.29, 0.717) is 41.6 Å². The summed E-state index contributed by atoms with van der Waals surface area (Å²) in [5.74, 6) is 0.888. The van der Waals surface area contributed by atoms with Gasteiger partial charge in [0.1, 0.15) is 6.54 Å². The zero-order valence-corrected chi connectivity index (χ0v) is 20.6. The van der Waals surface area contributed by atoms with Crippen molar-refractivity contribution in [3.8, 4) is 11.5 Å². The number of sulfonamides is 1. The number of halogens is 1. The number of hydrogen-bond donors (Lipinski definition) is 1. The lowest BCUT2D eigenvalue weighted by Gasteiger charge is -2.24. The Hall–Kier alpha value is -3.23. The summed E-state index contributed by atoms with van der Waals surface area (Å²) >= 11 is 6.08. The molecule has 9 heteroatoms. The summed E-state index contributed by atoms with van der Waals surface area (Å²) in [4.78, 5) is 12.8. The van der Waals surface area contributed by atoms with Crippen LogP contribution in [0.25, 0.3) is 0 Å². The lowest BCUT2D eigenvalue weighted by atomic mass is 10.1. The van der Waals surface area contributed by atoms with E-state index in [1.807, 2.05) is 18.2 Å². The molecule has 34 heavy (non-hydrogen) atoms. The van der Waals surface area contributed by atoms with Gasteiger partial charge in [0.15, 0.2) is 11.5 Å². The van der Waals surface area contributed by atoms with Gasteiger partial charge in [0, 0.05) is 11.6 Å². The Morgan fingerprint density at radius 1 is 0.941 bits per heavy atom. The van der Waals surface area contributed by atoms with Gasteiger partial charge < -0.3 is 14.8 Å². The molecular formula is C25H27ClN2O5S. The molecule has 7 nitrogen and oxygen atoms in total. The van der Waals surface area contributed by atoms with Crippen molar-refractivity contribution in [1.82, 2.24) is 5.32 Å². The van der Waals surface area contributed by atoms with E-state index in [-0.39, 0.29) is 11.4 Å². The molecule has 0 spiro atoms. The molecule has 0 aliphatic carbocycles. The zero-order valence-electron chi connectivity index (χ0n) is 19.0. The molecule has 3 aromatic rings. The SMILES string of the molecule is COc1ccc(CCCNC(=O)CN(c2cccc(Cl)c2)S(=O)(=O)c2ccccc2)cc1OC. The van der Waals surface area contributed by atoms with Gasteiger partial charge in [-0.05, 0) is 60.9 Å². The van der Waals surface area contributed by atoms with Gasteiger partial charge in [-0.1, -0.05) is 41.9 Å². The summed E-state index contributed by atoms with van der Waals surface area (Å²) < 4.78 is 38.2. The van der Waals surface area contributed by atoms with E-state index in [1.54, 1.807) is 50.6 Å². The number of nitrogens with one attached hydrogen (secondary N) is 1. The maximum Gasteiger partial charge on any atom is 0.264 e. The molecule has 0 radical (unpaired) electrons. The third-order valence-corrected chi connectivity index (χ3v) is 7.15. The summed E-state index contributed by atoms with van der Waals surface area (Å²) in [6, 6.07) is 20.1. The molecule has 1 amide bonds. The number of benzene rings is 3.